The Kier molecular flexibility index (Phi) is 2.34. The van der Waals surface area contributed by atoms with E-state index in [2.05, 4.69) is 5.32 Å². The molecule has 1 saturated heterocycles. The van der Waals surface area contributed by atoms with Crippen molar-refractivity contribution in [1.82, 2.24) is 5.32 Å². The van der Waals surface area contributed by atoms with E-state index in [9.17, 15) is 13.2 Å². The van der Waals surface area contributed by atoms with E-state index in [0.29, 0.717) is 0 Å². The Balaban J connectivity index is 0.000000845. The second-order valence-corrected chi connectivity index (χ2v) is 3.72. The third kappa shape index (κ3) is 0.980. The average molecular weight is 218 g/mol. The van der Waals surface area contributed by atoms with Gasteiger partial charge in [0.15, 0.2) is 5.67 Å². The minimum Gasteiger partial charge on any atom is -0.396 e. The quantitative estimate of drug-likeness (QED) is 0.679. The van der Waals surface area contributed by atoms with Crippen LogP contribution in [0, 0.1) is 5.41 Å². The van der Waals surface area contributed by atoms with Gasteiger partial charge in [-0.15, -0.1) is 12.4 Å². The minimum absolute atomic E-state index is 0. The van der Waals surface area contributed by atoms with E-state index >= 15 is 0 Å². The van der Waals surface area contributed by atoms with E-state index in [1.807, 2.05) is 0 Å². The van der Waals surface area contributed by atoms with Gasteiger partial charge in [0.25, 0.3) is 5.92 Å². The third-order valence-corrected chi connectivity index (χ3v) is 3.12. The second kappa shape index (κ2) is 2.74. The van der Waals surface area contributed by atoms with Crippen molar-refractivity contribution in [3.8, 4) is 0 Å². The summed E-state index contributed by atoms with van der Waals surface area (Å²) in [7, 11) is 0. The van der Waals surface area contributed by atoms with Gasteiger partial charge in [0.2, 0.25) is 0 Å². The molecule has 0 bridgehead atoms. The maximum absolute atomic E-state index is 13.6. The number of halogens is 4. The van der Waals surface area contributed by atoms with Gasteiger partial charge >= 0.3 is 0 Å². The molecule has 0 aromatic carbocycles. The molecule has 13 heavy (non-hydrogen) atoms. The van der Waals surface area contributed by atoms with Crippen molar-refractivity contribution in [3.05, 3.63) is 0 Å². The van der Waals surface area contributed by atoms with Gasteiger partial charge in [-0.3, -0.25) is 0 Å². The Hall–Kier alpha value is -0.0000000000000000555. The summed E-state index contributed by atoms with van der Waals surface area (Å²) in [6.45, 7) is -0.706. The molecule has 0 aromatic heterocycles. The monoisotopic (exact) mass is 217 g/mol. The summed E-state index contributed by atoms with van der Waals surface area (Å²) in [6.07, 6.45) is -0.542. The van der Waals surface area contributed by atoms with Crippen molar-refractivity contribution in [2.75, 3.05) is 19.7 Å². The van der Waals surface area contributed by atoms with E-state index in [4.69, 9.17) is 5.11 Å². The summed E-state index contributed by atoms with van der Waals surface area (Å²) in [5.74, 6) is -3.26. The molecule has 2 atom stereocenters. The third-order valence-electron chi connectivity index (χ3n) is 3.12. The van der Waals surface area contributed by atoms with Crippen LogP contribution >= 0.6 is 12.4 Å². The van der Waals surface area contributed by atoms with Crippen molar-refractivity contribution in [2.24, 2.45) is 5.41 Å². The van der Waals surface area contributed by atoms with Crippen molar-refractivity contribution >= 4 is 12.4 Å². The van der Waals surface area contributed by atoms with Crippen molar-refractivity contribution in [1.29, 1.82) is 0 Å². The zero-order valence-electron chi connectivity index (χ0n) is 6.82. The first-order chi connectivity index (χ1) is 5.47. The molecular formula is C7H11ClF3NO. The van der Waals surface area contributed by atoms with Gasteiger partial charge in [-0.1, -0.05) is 0 Å². The SMILES string of the molecule is Cl.OCC12CNCC1(F)C(F)(F)C2. The van der Waals surface area contributed by atoms with Crippen molar-refractivity contribution < 1.29 is 18.3 Å². The smallest absolute Gasteiger partial charge is 0.284 e. The largest absolute Gasteiger partial charge is 0.396 e. The number of rotatable bonds is 1. The molecule has 2 N–H and O–H groups in total. The first-order valence-corrected chi connectivity index (χ1v) is 3.86. The molecule has 78 valence electrons. The predicted molar refractivity (Wildman–Crippen MR) is 43.0 cm³/mol. The van der Waals surface area contributed by atoms with Crippen LogP contribution in [0.4, 0.5) is 13.2 Å². The number of aliphatic hydroxyl groups excluding tert-OH is 1. The molecular weight excluding hydrogens is 207 g/mol. The van der Waals surface area contributed by atoms with Gasteiger partial charge in [-0.25, -0.2) is 13.2 Å². The van der Waals surface area contributed by atoms with Crippen LogP contribution in [0.2, 0.25) is 0 Å². The minimum atomic E-state index is -3.26. The van der Waals surface area contributed by atoms with Gasteiger partial charge in [0, 0.05) is 19.5 Å². The van der Waals surface area contributed by atoms with Crippen LogP contribution in [0.5, 0.6) is 0 Å². The molecule has 6 heteroatoms. The maximum atomic E-state index is 13.6. The van der Waals surface area contributed by atoms with Crippen molar-refractivity contribution in [3.63, 3.8) is 0 Å². The van der Waals surface area contributed by atoms with E-state index in [-0.39, 0.29) is 25.5 Å². The zero-order valence-corrected chi connectivity index (χ0v) is 7.63. The molecule has 1 aliphatic heterocycles. The van der Waals surface area contributed by atoms with Crippen molar-refractivity contribution in [2.45, 2.75) is 18.0 Å². The summed E-state index contributed by atoms with van der Waals surface area (Å²) >= 11 is 0. The lowest BCUT2D eigenvalue weighted by Gasteiger charge is -2.53. The molecule has 2 aliphatic rings. The van der Waals surface area contributed by atoms with Gasteiger partial charge in [0.1, 0.15) is 0 Å². The lowest BCUT2D eigenvalue weighted by molar-refractivity contribution is -0.283. The summed E-state index contributed by atoms with van der Waals surface area (Å²) < 4.78 is 39.1. The average Bonchev–Trinajstić information content (AvgIpc) is 2.27. The van der Waals surface area contributed by atoms with E-state index in [1.54, 1.807) is 0 Å². The maximum Gasteiger partial charge on any atom is 0.284 e. The van der Waals surface area contributed by atoms with E-state index in [0.717, 1.165) is 0 Å². The molecule has 1 saturated carbocycles. The van der Waals surface area contributed by atoms with Gasteiger partial charge in [0.05, 0.1) is 12.0 Å². The standard InChI is InChI=1S/C7H10F3NO.ClH/c8-6-3-11-2-5(6,4-12)1-7(6,9)10;/h11-12H,1-4H2;1H. The highest BCUT2D eigenvalue weighted by Gasteiger charge is 2.79. The molecule has 2 rings (SSSR count). The molecule has 2 nitrogen and oxygen atoms in total. The first kappa shape index (κ1) is 11.1. The fourth-order valence-electron chi connectivity index (χ4n) is 2.22. The number of alkyl halides is 3. The number of aliphatic hydroxyl groups is 1. The Morgan fingerprint density at radius 2 is 1.85 bits per heavy atom. The summed E-state index contributed by atoms with van der Waals surface area (Å²) in [5.41, 5.74) is -3.74. The van der Waals surface area contributed by atoms with Gasteiger partial charge in [-0.2, -0.15) is 0 Å². The topological polar surface area (TPSA) is 32.3 Å². The van der Waals surface area contributed by atoms with E-state index < -0.39 is 30.0 Å². The van der Waals surface area contributed by atoms with Crippen LogP contribution in [0.3, 0.4) is 0 Å². The lowest BCUT2D eigenvalue weighted by Crippen LogP contribution is -2.70. The molecule has 0 aromatic rings. The van der Waals surface area contributed by atoms with Gasteiger partial charge in [-0.05, 0) is 0 Å². The Bertz CT molecular complexity index is 228. The lowest BCUT2D eigenvalue weighted by atomic mass is 9.57. The molecule has 2 fully saturated rings. The molecule has 0 spiro atoms. The molecule has 0 radical (unpaired) electrons. The number of nitrogens with one attached hydrogen (secondary N) is 1. The Morgan fingerprint density at radius 3 is 2.23 bits per heavy atom. The molecule has 2 unspecified atom stereocenters. The molecule has 0 amide bonds. The fraction of sp³-hybridized carbons (Fsp3) is 1.00. The number of fused-ring (bicyclic) bond motifs is 1. The van der Waals surface area contributed by atoms with Crippen LogP contribution < -0.4 is 5.32 Å². The summed E-state index contributed by atoms with van der Waals surface area (Å²) in [6, 6.07) is 0. The number of hydrogen-bond donors (Lipinski definition) is 2. The summed E-state index contributed by atoms with van der Waals surface area (Å²) in [4.78, 5) is 0. The highest BCUT2D eigenvalue weighted by molar-refractivity contribution is 5.85. The first-order valence-electron chi connectivity index (χ1n) is 3.86. The fourth-order valence-corrected chi connectivity index (χ4v) is 2.22. The van der Waals surface area contributed by atoms with Crippen LogP contribution in [-0.2, 0) is 0 Å². The highest BCUT2D eigenvalue weighted by atomic mass is 35.5. The molecule has 1 aliphatic carbocycles. The zero-order chi connectivity index (χ0) is 9.04. The van der Waals surface area contributed by atoms with Crippen LogP contribution in [0.1, 0.15) is 6.42 Å². The Morgan fingerprint density at radius 1 is 1.23 bits per heavy atom. The van der Waals surface area contributed by atoms with Crippen LogP contribution in [0.25, 0.3) is 0 Å². The molecule has 1 heterocycles. The highest BCUT2D eigenvalue weighted by Crippen LogP contribution is 2.63. The summed E-state index contributed by atoms with van der Waals surface area (Å²) in [5, 5.41) is 11.4. The second-order valence-electron chi connectivity index (χ2n) is 3.72. The predicted octanol–water partition coefficient (Wildman–Crippen LogP) is 0.737. The van der Waals surface area contributed by atoms with Gasteiger partial charge < -0.3 is 10.4 Å². The number of hydrogen-bond acceptors (Lipinski definition) is 2. The van der Waals surface area contributed by atoms with Crippen LogP contribution in [0.15, 0.2) is 0 Å². The van der Waals surface area contributed by atoms with Crippen LogP contribution in [-0.4, -0.2) is 36.4 Å². The van der Waals surface area contributed by atoms with E-state index in [1.165, 1.54) is 0 Å². The normalized spacial score (nSPS) is 46.2. The Labute approximate surface area is 79.9 Å².